The molecule has 0 radical (unpaired) electrons. The summed E-state index contributed by atoms with van der Waals surface area (Å²) >= 11 is 1.81. The number of rotatable bonds is 6. The van der Waals surface area contributed by atoms with E-state index in [1.165, 1.54) is 21.0 Å². The van der Waals surface area contributed by atoms with Gasteiger partial charge in [0.1, 0.15) is 5.01 Å². The summed E-state index contributed by atoms with van der Waals surface area (Å²) in [6.45, 7) is 7.43. The van der Waals surface area contributed by atoms with Crippen LogP contribution in [0, 0.1) is 0 Å². The third-order valence-corrected chi connectivity index (χ3v) is 4.66. The van der Waals surface area contributed by atoms with Gasteiger partial charge in [-0.2, -0.15) is 0 Å². The SMILES string of the molecule is CCc1ccc(CNC(C)c2ncc(CC)s2)cc1. The average Bonchev–Trinajstić information content (AvgIpc) is 2.94. The van der Waals surface area contributed by atoms with Crippen molar-refractivity contribution in [1.82, 2.24) is 10.3 Å². The average molecular weight is 274 g/mol. The third-order valence-electron chi connectivity index (χ3n) is 3.33. The molecule has 1 heterocycles. The van der Waals surface area contributed by atoms with Crippen molar-refractivity contribution >= 4 is 11.3 Å². The van der Waals surface area contributed by atoms with E-state index in [0.29, 0.717) is 6.04 Å². The highest BCUT2D eigenvalue weighted by Crippen LogP contribution is 2.20. The van der Waals surface area contributed by atoms with Crippen molar-refractivity contribution in [1.29, 1.82) is 0 Å². The minimum Gasteiger partial charge on any atom is -0.304 e. The molecule has 0 saturated heterocycles. The van der Waals surface area contributed by atoms with Gasteiger partial charge in [0.25, 0.3) is 0 Å². The topological polar surface area (TPSA) is 24.9 Å². The van der Waals surface area contributed by atoms with E-state index in [1.54, 1.807) is 0 Å². The summed E-state index contributed by atoms with van der Waals surface area (Å²) in [5.41, 5.74) is 2.72. The molecule has 0 aliphatic heterocycles. The molecule has 0 aliphatic rings. The molecule has 0 aliphatic carbocycles. The van der Waals surface area contributed by atoms with Crippen LogP contribution in [0.15, 0.2) is 30.5 Å². The highest BCUT2D eigenvalue weighted by molar-refractivity contribution is 7.11. The molecule has 1 atom stereocenters. The predicted molar refractivity (Wildman–Crippen MR) is 82.6 cm³/mol. The predicted octanol–water partition coefficient (Wildman–Crippen LogP) is 4.12. The van der Waals surface area contributed by atoms with Crippen LogP contribution in [-0.2, 0) is 19.4 Å². The fraction of sp³-hybridized carbons (Fsp3) is 0.438. The number of aryl methyl sites for hydroxylation is 2. The van der Waals surface area contributed by atoms with E-state index < -0.39 is 0 Å². The Labute approximate surface area is 119 Å². The van der Waals surface area contributed by atoms with E-state index in [-0.39, 0.29) is 0 Å². The van der Waals surface area contributed by atoms with E-state index in [9.17, 15) is 0 Å². The fourth-order valence-electron chi connectivity index (χ4n) is 1.94. The molecule has 102 valence electrons. The monoisotopic (exact) mass is 274 g/mol. The maximum atomic E-state index is 4.48. The summed E-state index contributed by atoms with van der Waals surface area (Å²) in [7, 11) is 0. The van der Waals surface area contributed by atoms with Gasteiger partial charge in [-0.25, -0.2) is 4.98 Å². The van der Waals surface area contributed by atoms with Crippen LogP contribution in [0.5, 0.6) is 0 Å². The number of hydrogen-bond acceptors (Lipinski definition) is 3. The largest absolute Gasteiger partial charge is 0.304 e. The van der Waals surface area contributed by atoms with E-state index in [4.69, 9.17) is 0 Å². The molecule has 0 spiro atoms. The summed E-state index contributed by atoms with van der Waals surface area (Å²) < 4.78 is 0. The number of hydrogen-bond donors (Lipinski definition) is 1. The summed E-state index contributed by atoms with van der Waals surface area (Å²) in [5, 5.41) is 4.72. The maximum Gasteiger partial charge on any atom is 0.109 e. The number of benzene rings is 1. The Kier molecular flexibility index (Phi) is 5.11. The van der Waals surface area contributed by atoms with Gasteiger partial charge in [-0.15, -0.1) is 11.3 Å². The molecule has 2 nitrogen and oxygen atoms in total. The second-order valence-corrected chi connectivity index (χ2v) is 5.94. The molecule has 1 aromatic carbocycles. The molecule has 1 N–H and O–H groups in total. The van der Waals surface area contributed by atoms with Crippen molar-refractivity contribution in [3.05, 3.63) is 51.5 Å². The van der Waals surface area contributed by atoms with Gasteiger partial charge >= 0.3 is 0 Å². The van der Waals surface area contributed by atoms with Gasteiger partial charge in [0.15, 0.2) is 0 Å². The minimum absolute atomic E-state index is 0.316. The van der Waals surface area contributed by atoms with Gasteiger partial charge in [-0.3, -0.25) is 0 Å². The van der Waals surface area contributed by atoms with Crippen LogP contribution >= 0.6 is 11.3 Å². The Morgan fingerprint density at radius 2 is 1.79 bits per heavy atom. The van der Waals surface area contributed by atoms with Crippen molar-refractivity contribution in [2.45, 2.75) is 46.2 Å². The fourth-order valence-corrected chi connectivity index (χ4v) is 2.82. The molecule has 1 unspecified atom stereocenters. The molecule has 1 aromatic heterocycles. The first-order valence-electron chi connectivity index (χ1n) is 6.98. The van der Waals surface area contributed by atoms with Crippen molar-refractivity contribution in [3.63, 3.8) is 0 Å². The maximum absolute atomic E-state index is 4.48. The van der Waals surface area contributed by atoms with Gasteiger partial charge < -0.3 is 5.32 Å². The molecule has 0 fully saturated rings. The Balaban J connectivity index is 1.90. The van der Waals surface area contributed by atoms with Gasteiger partial charge in [0.05, 0.1) is 6.04 Å². The molecule has 3 heteroatoms. The second kappa shape index (κ2) is 6.83. The lowest BCUT2D eigenvalue weighted by Crippen LogP contribution is -2.17. The lowest BCUT2D eigenvalue weighted by atomic mass is 10.1. The van der Waals surface area contributed by atoms with Gasteiger partial charge in [-0.1, -0.05) is 38.1 Å². The number of nitrogens with zero attached hydrogens (tertiary/aromatic N) is 1. The van der Waals surface area contributed by atoms with E-state index in [0.717, 1.165) is 19.4 Å². The summed E-state index contributed by atoms with van der Waals surface area (Å²) in [4.78, 5) is 5.84. The Hall–Kier alpha value is -1.19. The zero-order chi connectivity index (χ0) is 13.7. The van der Waals surface area contributed by atoms with Crippen molar-refractivity contribution < 1.29 is 0 Å². The van der Waals surface area contributed by atoms with Crippen LogP contribution in [0.3, 0.4) is 0 Å². The Morgan fingerprint density at radius 1 is 1.11 bits per heavy atom. The van der Waals surface area contributed by atoms with Crippen molar-refractivity contribution in [2.24, 2.45) is 0 Å². The molecule has 0 bridgehead atoms. The zero-order valence-electron chi connectivity index (χ0n) is 11.9. The normalized spacial score (nSPS) is 12.6. The first kappa shape index (κ1) is 14.2. The zero-order valence-corrected chi connectivity index (χ0v) is 12.8. The molecule has 0 amide bonds. The summed E-state index contributed by atoms with van der Waals surface area (Å²) in [6.07, 6.45) is 4.17. The van der Waals surface area contributed by atoms with E-state index in [1.807, 2.05) is 17.5 Å². The summed E-state index contributed by atoms with van der Waals surface area (Å²) in [6, 6.07) is 9.15. The van der Waals surface area contributed by atoms with Crippen molar-refractivity contribution in [3.8, 4) is 0 Å². The molecular formula is C16H22N2S. The molecule has 19 heavy (non-hydrogen) atoms. The third kappa shape index (κ3) is 3.88. The lowest BCUT2D eigenvalue weighted by molar-refractivity contribution is 0.572. The van der Waals surface area contributed by atoms with E-state index in [2.05, 4.69) is 55.3 Å². The molecular weight excluding hydrogens is 252 g/mol. The van der Waals surface area contributed by atoms with E-state index >= 15 is 0 Å². The van der Waals surface area contributed by atoms with Crippen LogP contribution in [-0.4, -0.2) is 4.98 Å². The number of nitrogens with one attached hydrogen (secondary N) is 1. The Bertz CT molecular complexity index is 502. The minimum atomic E-state index is 0.316. The second-order valence-electron chi connectivity index (χ2n) is 4.79. The summed E-state index contributed by atoms with van der Waals surface area (Å²) in [5.74, 6) is 0. The van der Waals surface area contributed by atoms with Gasteiger partial charge in [0.2, 0.25) is 0 Å². The first-order valence-corrected chi connectivity index (χ1v) is 7.80. The van der Waals surface area contributed by atoms with Crippen LogP contribution < -0.4 is 5.32 Å². The quantitative estimate of drug-likeness (QED) is 0.857. The number of aromatic nitrogens is 1. The van der Waals surface area contributed by atoms with Gasteiger partial charge in [-0.05, 0) is 30.9 Å². The number of thiazole rings is 1. The van der Waals surface area contributed by atoms with Crippen LogP contribution in [0.2, 0.25) is 0 Å². The highest BCUT2D eigenvalue weighted by Gasteiger charge is 2.09. The van der Waals surface area contributed by atoms with Crippen LogP contribution in [0.4, 0.5) is 0 Å². The first-order chi connectivity index (χ1) is 9.22. The Morgan fingerprint density at radius 3 is 2.37 bits per heavy atom. The molecule has 2 rings (SSSR count). The van der Waals surface area contributed by atoms with Crippen molar-refractivity contribution in [2.75, 3.05) is 0 Å². The highest BCUT2D eigenvalue weighted by atomic mass is 32.1. The molecule has 0 saturated carbocycles. The van der Waals surface area contributed by atoms with Gasteiger partial charge in [0, 0.05) is 17.6 Å². The van der Waals surface area contributed by atoms with Crippen LogP contribution in [0.1, 0.15) is 47.8 Å². The molecule has 2 aromatic rings. The smallest absolute Gasteiger partial charge is 0.109 e. The lowest BCUT2D eigenvalue weighted by Gasteiger charge is -2.11. The van der Waals surface area contributed by atoms with Crippen LogP contribution in [0.25, 0.3) is 0 Å². The standard InChI is InChI=1S/C16H22N2S/c1-4-13-6-8-14(9-7-13)10-17-12(3)16-18-11-15(5-2)19-16/h6-9,11-12,17H,4-5,10H2,1-3H3.